The average Bonchev–Trinajstić information content (AvgIpc) is 2.76. The fraction of sp³-hybridized carbons (Fsp3) is 0.300. The molecule has 0 aliphatic carbocycles. The molecule has 8 nitrogen and oxygen atoms in total. The maximum atomic E-state index is 11.8. The van der Waals surface area contributed by atoms with Gasteiger partial charge in [-0.25, -0.2) is 9.89 Å². The first-order valence-electron chi connectivity index (χ1n) is 5.28. The van der Waals surface area contributed by atoms with E-state index in [1.54, 1.807) is 13.8 Å². The lowest BCUT2D eigenvalue weighted by molar-refractivity contribution is -0.115. The molecule has 0 spiro atoms. The van der Waals surface area contributed by atoms with Gasteiger partial charge in [-0.05, 0) is 13.8 Å². The summed E-state index contributed by atoms with van der Waals surface area (Å²) in [7, 11) is 0. The molecule has 18 heavy (non-hydrogen) atoms. The highest BCUT2D eigenvalue weighted by molar-refractivity contribution is 5.90. The zero-order valence-corrected chi connectivity index (χ0v) is 9.94. The number of hydrogen-bond donors (Lipinski definition) is 3. The number of H-pyrrole nitrogens is 2. The third-order valence-corrected chi connectivity index (χ3v) is 2.46. The first kappa shape index (κ1) is 12.0. The van der Waals surface area contributed by atoms with Crippen LogP contribution in [0.2, 0.25) is 0 Å². The standard InChI is InChI=1S/C10H12N6O2/c1-5-7(6(2)14-10(18)13-5)3-8(17)15-9-11-4-12-16-9/h4H,3H2,1-2H3,(H,13,14,18)(H2,11,12,15,16,17). The van der Waals surface area contributed by atoms with Crippen LogP contribution in [-0.4, -0.2) is 31.1 Å². The van der Waals surface area contributed by atoms with E-state index in [-0.39, 0.29) is 18.3 Å². The maximum Gasteiger partial charge on any atom is 0.345 e. The molecule has 0 aliphatic heterocycles. The van der Waals surface area contributed by atoms with Gasteiger partial charge in [-0.15, -0.1) is 0 Å². The molecule has 94 valence electrons. The van der Waals surface area contributed by atoms with Gasteiger partial charge in [-0.2, -0.15) is 15.1 Å². The molecule has 0 bridgehead atoms. The van der Waals surface area contributed by atoms with Crippen LogP contribution in [0.25, 0.3) is 0 Å². The number of carbonyl (C=O) groups excluding carboxylic acids is 1. The highest BCUT2D eigenvalue weighted by atomic mass is 16.2. The van der Waals surface area contributed by atoms with Crippen molar-refractivity contribution < 1.29 is 4.79 Å². The molecule has 0 saturated heterocycles. The van der Waals surface area contributed by atoms with Gasteiger partial charge in [0.1, 0.15) is 6.33 Å². The second-order valence-electron chi connectivity index (χ2n) is 3.79. The minimum absolute atomic E-state index is 0.113. The van der Waals surface area contributed by atoms with E-state index in [0.29, 0.717) is 17.0 Å². The molecule has 0 aromatic carbocycles. The van der Waals surface area contributed by atoms with Gasteiger partial charge in [-0.3, -0.25) is 10.1 Å². The third kappa shape index (κ3) is 2.59. The summed E-state index contributed by atoms with van der Waals surface area (Å²) in [6, 6.07) is 0. The number of carbonyl (C=O) groups is 1. The van der Waals surface area contributed by atoms with E-state index in [1.165, 1.54) is 6.33 Å². The molecule has 2 rings (SSSR count). The molecule has 2 heterocycles. The second kappa shape index (κ2) is 4.78. The van der Waals surface area contributed by atoms with E-state index in [1.807, 2.05) is 0 Å². The number of hydrogen-bond acceptors (Lipinski definition) is 5. The molecule has 0 saturated carbocycles. The molecule has 0 atom stereocenters. The van der Waals surface area contributed by atoms with Gasteiger partial charge in [0.25, 0.3) is 0 Å². The summed E-state index contributed by atoms with van der Waals surface area (Å²) < 4.78 is 0. The Balaban J connectivity index is 2.14. The Morgan fingerprint density at radius 3 is 2.83 bits per heavy atom. The van der Waals surface area contributed by atoms with Crippen LogP contribution in [0, 0.1) is 13.8 Å². The predicted octanol–water partition coefficient (Wildman–Crippen LogP) is -0.314. The van der Waals surface area contributed by atoms with Crippen molar-refractivity contribution >= 4 is 11.9 Å². The monoisotopic (exact) mass is 248 g/mol. The van der Waals surface area contributed by atoms with Crippen LogP contribution in [0.5, 0.6) is 0 Å². The lowest BCUT2D eigenvalue weighted by Gasteiger charge is -2.07. The van der Waals surface area contributed by atoms with Gasteiger partial charge < -0.3 is 4.98 Å². The maximum absolute atomic E-state index is 11.8. The topological polar surface area (TPSA) is 116 Å². The van der Waals surface area contributed by atoms with Crippen molar-refractivity contribution in [1.82, 2.24) is 25.1 Å². The van der Waals surface area contributed by atoms with Gasteiger partial charge in [-0.1, -0.05) is 0 Å². The Hall–Kier alpha value is -2.51. The van der Waals surface area contributed by atoms with E-state index in [2.05, 4.69) is 30.5 Å². The molecule has 0 fully saturated rings. The van der Waals surface area contributed by atoms with Crippen LogP contribution in [0.3, 0.4) is 0 Å². The Labute approximate surface area is 102 Å². The van der Waals surface area contributed by atoms with Crippen molar-refractivity contribution in [3.05, 3.63) is 33.8 Å². The molecular formula is C10H12N6O2. The molecule has 3 N–H and O–H groups in total. The summed E-state index contributed by atoms with van der Waals surface area (Å²) >= 11 is 0. The number of rotatable bonds is 3. The molecule has 8 heteroatoms. The van der Waals surface area contributed by atoms with Crippen molar-refractivity contribution in [2.45, 2.75) is 20.3 Å². The highest BCUT2D eigenvalue weighted by Crippen LogP contribution is 2.08. The Bertz CT molecular complexity index is 590. The van der Waals surface area contributed by atoms with E-state index >= 15 is 0 Å². The van der Waals surface area contributed by atoms with Crippen molar-refractivity contribution in [3.63, 3.8) is 0 Å². The SMILES string of the molecule is Cc1nc(=O)[nH]c(C)c1CC(=O)Nc1ncn[nH]1. The summed E-state index contributed by atoms with van der Waals surface area (Å²) in [5, 5.41) is 8.70. The van der Waals surface area contributed by atoms with Crippen LogP contribution in [0.1, 0.15) is 17.0 Å². The van der Waals surface area contributed by atoms with E-state index < -0.39 is 5.69 Å². The van der Waals surface area contributed by atoms with Crippen LogP contribution in [0.4, 0.5) is 5.95 Å². The summed E-state index contributed by atoms with van der Waals surface area (Å²) in [4.78, 5) is 33.0. The molecule has 2 aromatic rings. The minimum Gasteiger partial charge on any atom is -0.310 e. The second-order valence-corrected chi connectivity index (χ2v) is 3.79. The zero-order chi connectivity index (χ0) is 13.1. The normalized spacial score (nSPS) is 10.3. The quantitative estimate of drug-likeness (QED) is 0.688. The number of nitrogens with zero attached hydrogens (tertiary/aromatic N) is 3. The van der Waals surface area contributed by atoms with Gasteiger partial charge in [0.2, 0.25) is 11.9 Å². The Morgan fingerprint density at radius 2 is 2.22 bits per heavy atom. The highest BCUT2D eigenvalue weighted by Gasteiger charge is 2.11. The fourth-order valence-electron chi connectivity index (χ4n) is 1.62. The number of anilines is 1. The van der Waals surface area contributed by atoms with Gasteiger partial charge in [0.15, 0.2) is 0 Å². The van der Waals surface area contributed by atoms with Crippen LogP contribution in [0.15, 0.2) is 11.1 Å². The number of nitrogens with one attached hydrogen (secondary N) is 3. The van der Waals surface area contributed by atoms with Crippen LogP contribution in [-0.2, 0) is 11.2 Å². The van der Waals surface area contributed by atoms with E-state index in [0.717, 1.165) is 0 Å². The average molecular weight is 248 g/mol. The molecule has 0 aliphatic rings. The van der Waals surface area contributed by atoms with Crippen LogP contribution >= 0.6 is 0 Å². The first-order valence-corrected chi connectivity index (χ1v) is 5.28. The lowest BCUT2D eigenvalue weighted by Crippen LogP contribution is -2.21. The Kier molecular flexibility index (Phi) is 3.18. The van der Waals surface area contributed by atoms with Crippen molar-refractivity contribution in [2.24, 2.45) is 0 Å². The number of aryl methyl sites for hydroxylation is 2. The summed E-state index contributed by atoms with van der Waals surface area (Å²) in [6.07, 6.45) is 1.41. The van der Waals surface area contributed by atoms with Crippen molar-refractivity contribution in [3.8, 4) is 0 Å². The number of aromatic nitrogens is 5. The minimum atomic E-state index is -0.413. The predicted molar refractivity (Wildman–Crippen MR) is 63.0 cm³/mol. The largest absolute Gasteiger partial charge is 0.345 e. The van der Waals surface area contributed by atoms with Crippen molar-refractivity contribution in [1.29, 1.82) is 0 Å². The van der Waals surface area contributed by atoms with Gasteiger partial charge >= 0.3 is 5.69 Å². The summed E-state index contributed by atoms with van der Waals surface area (Å²) in [6.45, 7) is 3.42. The third-order valence-electron chi connectivity index (χ3n) is 2.46. The van der Waals surface area contributed by atoms with E-state index in [9.17, 15) is 9.59 Å². The molecular weight excluding hydrogens is 236 g/mol. The van der Waals surface area contributed by atoms with Crippen LogP contribution < -0.4 is 11.0 Å². The Morgan fingerprint density at radius 1 is 1.44 bits per heavy atom. The van der Waals surface area contributed by atoms with Gasteiger partial charge in [0.05, 0.1) is 6.42 Å². The number of aromatic amines is 2. The van der Waals surface area contributed by atoms with E-state index in [4.69, 9.17) is 0 Å². The summed E-state index contributed by atoms with van der Waals surface area (Å²) in [5.74, 6) is 0.0273. The van der Waals surface area contributed by atoms with Gasteiger partial charge in [0, 0.05) is 17.0 Å². The number of amides is 1. The molecule has 2 aromatic heterocycles. The summed E-state index contributed by atoms with van der Waals surface area (Å²) in [5.41, 5.74) is 1.47. The molecule has 1 amide bonds. The van der Waals surface area contributed by atoms with Crippen molar-refractivity contribution in [2.75, 3.05) is 5.32 Å². The fourth-order valence-corrected chi connectivity index (χ4v) is 1.62. The smallest absolute Gasteiger partial charge is 0.310 e. The molecule has 0 unspecified atom stereocenters. The zero-order valence-electron chi connectivity index (χ0n) is 9.94. The lowest BCUT2D eigenvalue weighted by atomic mass is 10.1. The first-order chi connectivity index (χ1) is 8.56. The molecule has 0 radical (unpaired) electrons.